The molecule has 0 spiro atoms. The molecule has 25 heavy (non-hydrogen) atoms. The summed E-state index contributed by atoms with van der Waals surface area (Å²) in [6.07, 6.45) is 0.884. The van der Waals surface area contributed by atoms with Gasteiger partial charge in [0.25, 0.3) is 0 Å². The Bertz CT molecular complexity index is 847. The molecule has 0 saturated heterocycles. The van der Waals surface area contributed by atoms with Crippen molar-refractivity contribution in [2.24, 2.45) is 0 Å². The molecule has 0 bridgehead atoms. The van der Waals surface area contributed by atoms with Crippen LogP contribution in [-0.2, 0) is 6.42 Å². The van der Waals surface area contributed by atoms with Gasteiger partial charge in [0.15, 0.2) is 0 Å². The summed E-state index contributed by atoms with van der Waals surface area (Å²) in [5.74, 6) is 1.42. The van der Waals surface area contributed by atoms with Crippen molar-refractivity contribution in [1.82, 2.24) is 9.97 Å². The lowest BCUT2D eigenvalue weighted by atomic mass is 10.1. The van der Waals surface area contributed by atoms with Gasteiger partial charge in [0.2, 0.25) is 5.95 Å². The first-order chi connectivity index (χ1) is 12.1. The zero-order valence-corrected chi connectivity index (χ0v) is 15.1. The molecule has 5 heteroatoms. The lowest BCUT2D eigenvalue weighted by Crippen LogP contribution is -2.09. The Labute approximate surface area is 153 Å². The van der Waals surface area contributed by atoms with Crippen LogP contribution in [0.1, 0.15) is 16.8 Å². The van der Waals surface area contributed by atoms with E-state index in [9.17, 15) is 0 Å². The number of nitrogens with one attached hydrogen (secondary N) is 2. The number of aryl methyl sites for hydroxylation is 2. The number of hydrogen-bond acceptors (Lipinski definition) is 4. The Hall–Kier alpha value is -2.59. The van der Waals surface area contributed by atoms with Gasteiger partial charge in [-0.25, -0.2) is 4.98 Å². The van der Waals surface area contributed by atoms with E-state index in [1.165, 1.54) is 11.1 Å². The quantitative estimate of drug-likeness (QED) is 0.644. The number of hydrogen-bond donors (Lipinski definition) is 2. The van der Waals surface area contributed by atoms with E-state index in [1.807, 2.05) is 55.5 Å². The fraction of sp³-hybridized carbons (Fsp3) is 0.200. The number of aromatic nitrogens is 2. The van der Waals surface area contributed by atoms with Crippen LogP contribution in [0.3, 0.4) is 0 Å². The maximum Gasteiger partial charge on any atom is 0.224 e. The van der Waals surface area contributed by atoms with Crippen LogP contribution >= 0.6 is 11.6 Å². The minimum Gasteiger partial charge on any atom is -0.354 e. The number of halogens is 1. The third-order valence-corrected chi connectivity index (χ3v) is 4.12. The van der Waals surface area contributed by atoms with E-state index in [4.69, 9.17) is 11.6 Å². The number of para-hydroxylation sites is 1. The molecule has 128 valence electrons. The topological polar surface area (TPSA) is 49.8 Å². The van der Waals surface area contributed by atoms with Gasteiger partial charge >= 0.3 is 0 Å². The first kappa shape index (κ1) is 17.2. The number of rotatable bonds is 6. The molecular formula is C20H21ClN4. The summed E-state index contributed by atoms with van der Waals surface area (Å²) in [7, 11) is 0. The predicted molar refractivity (Wildman–Crippen MR) is 105 cm³/mol. The summed E-state index contributed by atoms with van der Waals surface area (Å²) in [5, 5.41) is 7.41. The number of anilines is 3. The van der Waals surface area contributed by atoms with E-state index < -0.39 is 0 Å². The summed E-state index contributed by atoms with van der Waals surface area (Å²) in [6, 6.07) is 18.0. The monoisotopic (exact) mass is 352 g/mol. The highest BCUT2D eigenvalue weighted by Crippen LogP contribution is 2.20. The van der Waals surface area contributed by atoms with Crippen LogP contribution in [-0.4, -0.2) is 16.5 Å². The average Bonchev–Trinajstić information content (AvgIpc) is 2.58. The number of nitrogens with zero attached hydrogens (tertiary/aromatic N) is 2. The van der Waals surface area contributed by atoms with Crippen LogP contribution in [0.4, 0.5) is 17.5 Å². The molecule has 3 rings (SSSR count). The van der Waals surface area contributed by atoms with Crippen LogP contribution in [0.2, 0.25) is 5.02 Å². The summed E-state index contributed by atoms with van der Waals surface area (Å²) < 4.78 is 0. The van der Waals surface area contributed by atoms with Gasteiger partial charge in [-0.15, -0.1) is 0 Å². The highest BCUT2D eigenvalue weighted by molar-refractivity contribution is 6.30. The highest BCUT2D eigenvalue weighted by atomic mass is 35.5. The Kier molecular flexibility index (Phi) is 5.51. The van der Waals surface area contributed by atoms with Crippen molar-refractivity contribution in [3.8, 4) is 0 Å². The van der Waals surface area contributed by atoms with Gasteiger partial charge in [-0.1, -0.05) is 41.9 Å². The van der Waals surface area contributed by atoms with E-state index in [0.717, 1.165) is 35.2 Å². The lowest BCUT2D eigenvalue weighted by Gasteiger charge is -2.11. The smallest absolute Gasteiger partial charge is 0.224 e. The van der Waals surface area contributed by atoms with E-state index in [-0.39, 0.29) is 0 Å². The molecule has 0 radical (unpaired) electrons. The molecule has 1 aromatic heterocycles. The van der Waals surface area contributed by atoms with Crippen molar-refractivity contribution in [3.05, 3.63) is 76.4 Å². The van der Waals surface area contributed by atoms with Crippen LogP contribution in [0.25, 0.3) is 0 Å². The standard InChI is InChI=1S/C20H21ClN4/c1-14-5-3-4-6-18(14)24-19-13-15(2)23-20(25-19)22-12-11-16-7-9-17(21)10-8-16/h3-10,13H,11-12H2,1-2H3,(H2,22,23,24,25). The summed E-state index contributed by atoms with van der Waals surface area (Å²) >= 11 is 5.91. The van der Waals surface area contributed by atoms with Crippen molar-refractivity contribution in [2.75, 3.05) is 17.2 Å². The zero-order chi connectivity index (χ0) is 17.6. The molecule has 1 heterocycles. The van der Waals surface area contributed by atoms with E-state index >= 15 is 0 Å². The zero-order valence-electron chi connectivity index (χ0n) is 14.4. The van der Waals surface area contributed by atoms with Crippen molar-refractivity contribution in [1.29, 1.82) is 0 Å². The lowest BCUT2D eigenvalue weighted by molar-refractivity contribution is 0.976. The molecule has 0 aliphatic heterocycles. The van der Waals surface area contributed by atoms with Gasteiger partial charge in [0, 0.05) is 29.0 Å². The Balaban J connectivity index is 1.65. The Morgan fingerprint density at radius 3 is 2.48 bits per heavy atom. The Morgan fingerprint density at radius 2 is 1.72 bits per heavy atom. The Morgan fingerprint density at radius 1 is 0.960 bits per heavy atom. The molecule has 0 unspecified atom stereocenters. The van der Waals surface area contributed by atoms with Crippen molar-refractivity contribution >= 4 is 29.1 Å². The minimum atomic E-state index is 0.630. The number of benzene rings is 2. The maximum absolute atomic E-state index is 5.91. The summed E-state index contributed by atoms with van der Waals surface area (Å²) in [4.78, 5) is 9.02. The van der Waals surface area contributed by atoms with Crippen LogP contribution in [0.5, 0.6) is 0 Å². The van der Waals surface area contributed by atoms with Gasteiger partial charge in [0.1, 0.15) is 5.82 Å². The third-order valence-electron chi connectivity index (χ3n) is 3.87. The molecule has 4 nitrogen and oxygen atoms in total. The molecule has 0 fully saturated rings. The molecule has 0 aliphatic carbocycles. The van der Waals surface area contributed by atoms with Crippen LogP contribution < -0.4 is 10.6 Å². The van der Waals surface area contributed by atoms with Gasteiger partial charge in [-0.2, -0.15) is 4.98 Å². The maximum atomic E-state index is 5.91. The van der Waals surface area contributed by atoms with E-state index in [1.54, 1.807) is 0 Å². The first-order valence-corrected chi connectivity index (χ1v) is 8.64. The largest absolute Gasteiger partial charge is 0.354 e. The summed E-state index contributed by atoms with van der Waals surface area (Å²) in [5.41, 5.74) is 4.37. The third kappa shape index (κ3) is 4.94. The van der Waals surface area contributed by atoms with Crippen LogP contribution in [0, 0.1) is 13.8 Å². The molecule has 2 aromatic carbocycles. The SMILES string of the molecule is Cc1cc(Nc2ccccc2C)nc(NCCc2ccc(Cl)cc2)n1. The molecule has 2 N–H and O–H groups in total. The van der Waals surface area contributed by atoms with Crippen molar-refractivity contribution < 1.29 is 0 Å². The average molecular weight is 353 g/mol. The van der Waals surface area contributed by atoms with Gasteiger partial charge < -0.3 is 10.6 Å². The van der Waals surface area contributed by atoms with E-state index in [0.29, 0.717) is 5.95 Å². The first-order valence-electron chi connectivity index (χ1n) is 8.27. The van der Waals surface area contributed by atoms with Gasteiger partial charge in [0.05, 0.1) is 0 Å². The van der Waals surface area contributed by atoms with Crippen molar-refractivity contribution in [3.63, 3.8) is 0 Å². The van der Waals surface area contributed by atoms with Crippen LogP contribution in [0.15, 0.2) is 54.6 Å². The molecule has 0 aliphatic rings. The highest BCUT2D eigenvalue weighted by Gasteiger charge is 2.04. The van der Waals surface area contributed by atoms with Gasteiger partial charge in [-0.05, 0) is 49.6 Å². The molecular weight excluding hydrogens is 332 g/mol. The molecule has 0 amide bonds. The normalized spacial score (nSPS) is 10.5. The second kappa shape index (κ2) is 7.99. The minimum absolute atomic E-state index is 0.630. The fourth-order valence-corrected chi connectivity index (χ4v) is 2.66. The molecule has 0 saturated carbocycles. The second-order valence-electron chi connectivity index (χ2n) is 5.96. The molecule has 0 atom stereocenters. The second-order valence-corrected chi connectivity index (χ2v) is 6.40. The fourth-order valence-electron chi connectivity index (χ4n) is 2.53. The molecule has 3 aromatic rings. The van der Waals surface area contributed by atoms with Crippen molar-refractivity contribution in [2.45, 2.75) is 20.3 Å². The van der Waals surface area contributed by atoms with Gasteiger partial charge in [-0.3, -0.25) is 0 Å². The predicted octanol–water partition coefficient (Wildman–Crippen LogP) is 5.15. The summed E-state index contributed by atoms with van der Waals surface area (Å²) in [6.45, 7) is 4.80. The van der Waals surface area contributed by atoms with E-state index in [2.05, 4.69) is 33.6 Å².